The molecular formula is C32H41ClN16O2. The number of primary amides is 2. The summed E-state index contributed by atoms with van der Waals surface area (Å²) in [6, 6.07) is 17.9. The van der Waals surface area contributed by atoms with E-state index >= 15 is 0 Å². The lowest BCUT2D eigenvalue weighted by Crippen LogP contribution is -2.19. The van der Waals surface area contributed by atoms with Crippen molar-refractivity contribution in [1.82, 2.24) is 30.4 Å². The lowest BCUT2D eigenvalue weighted by Gasteiger charge is -2.16. The molecule has 0 aromatic carbocycles. The van der Waals surface area contributed by atoms with Gasteiger partial charge in [-0.15, -0.1) is 20.4 Å². The summed E-state index contributed by atoms with van der Waals surface area (Å²) < 4.78 is 0. The Labute approximate surface area is 300 Å². The van der Waals surface area contributed by atoms with Gasteiger partial charge in [0.25, 0.3) is 11.8 Å². The fraction of sp³-hybridized carbons (Fsp3) is 0.312. The number of hydrogen-bond donors (Lipinski definition) is 8. The van der Waals surface area contributed by atoms with Crippen molar-refractivity contribution in [2.45, 2.75) is 38.5 Å². The average molecular weight is 717 g/mol. The standard InChI is InChI=1S/C16H20N8O.C14H13ClN6O.C2H8N2/c1-16(2,9-18)11-4-3-5-12(22-11)21-10-8-13(20-7-6-17)23-24-14(10)15(19)25;1-14(2,7-16)9-4-3-5-11(19-9)18-8-6-10(15)20-21-12(8)13(17)22;3-1-2-4/h3-5,8H,6-7,17H2,1-2H3,(H2,19,25)(H2,20,21,22,23);3-6H,1-2H3,(H2,17,22)(H,18,19,20);1-4H2. The van der Waals surface area contributed by atoms with Crippen LogP contribution in [0.15, 0.2) is 48.5 Å². The van der Waals surface area contributed by atoms with Gasteiger partial charge in [-0.3, -0.25) is 9.59 Å². The van der Waals surface area contributed by atoms with Gasteiger partial charge in [0.05, 0.1) is 45.7 Å². The molecule has 2 amide bonds. The first-order valence-corrected chi connectivity index (χ1v) is 15.7. The number of carbonyl (C=O) groups is 2. The van der Waals surface area contributed by atoms with Crippen LogP contribution in [0.4, 0.5) is 28.8 Å². The summed E-state index contributed by atoms with van der Waals surface area (Å²) in [6.07, 6.45) is 0. The van der Waals surface area contributed by atoms with Crippen LogP contribution >= 0.6 is 11.6 Å². The van der Waals surface area contributed by atoms with E-state index in [2.05, 4.69) is 58.5 Å². The first-order chi connectivity index (χ1) is 24.1. The zero-order valence-corrected chi connectivity index (χ0v) is 29.4. The van der Waals surface area contributed by atoms with Crippen LogP contribution in [-0.4, -0.2) is 68.4 Å². The lowest BCUT2D eigenvalue weighted by molar-refractivity contribution is 0.0987. The lowest BCUT2D eigenvalue weighted by atomic mass is 9.91. The molecule has 0 aliphatic carbocycles. The Morgan fingerprint density at radius 3 is 1.57 bits per heavy atom. The van der Waals surface area contributed by atoms with Crippen molar-refractivity contribution in [3.63, 3.8) is 0 Å². The summed E-state index contributed by atoms with van der Waals surface area (Å²) in [5.74, 6) is -0.103. The van der Waals surface area contributed by atoms with Crippen LogP contribution in [0.3, 0.4) is 0 Å². The van der Waals surface area contributed by atoms with Crippen LogP contribution in [0.2, 0.25) is 5.15 Å². The quantitative estimate of drug-likeness (QED) is 0.104. The highest BCUT2D eigenvalue weighted by molar-refractivity contribution is 6.29. The molecule has 4 rings (SSSR count). The molecule has 18 nitrogen and oxygen atoms in total. The number of amides is 2. The largest absolute Gasteiger partial charge is 0.367 e. The normalized spacial score (nSPS) is 10.5. The first kappa shape index (κ1) is 41.1. The first-order valence-electron chi connectivity index (χ1n) is 15.3. The highest BCUT2D eigenvalue weighted by Crippen LogP contribution is 2.26. The van der Waals surface area contributed by atoms with Gasteiger partial charge in [0.15, 0.2) is 22.4 Å². The van der Waals surface area contributed by atoms with Gasteiger partial charge in [-0.2, -0.15) is 10.5 Å². The van der Waals surface area contributed by atoms with Gasteiger partial charge in [0.1, 0.15) is 11.6 Å². The summed E-state index contributed by atoms with van der Waals surface area (Å²) >= 11 is 5.78. The van der Waals surface area contributed by atoms with E-state index < -0.39 is 22.6 Å². The van der Waals surface area contributed by atoms with Crippen LogP contribution in [-0.2, 0) is 10.8 Å². The van der Waals surface area contributed by atoms with Gasteiger partial charge in [-0.1, -0.05) is 23.7 Å². The molecule has 0 spiro atoms. The van der Waals surface area contributed by atoms with Crippen molar-refractivity contribution in [2.75, 3.05) is 42.1 Å². The van der Waals surface area contributed by atoms with Crippen LogP contribution < -0.4 is 44.6 Å². The summed E-state index contributed by atoms with van der Waals surface area (Å²) in [6.45, 7) is 9.20. The molecule has 13 N–H and O–H groups in total. The van der Waals surface area contributed by atoms with Crippen molar-refractivity contribution in [2.24, 2.45) is 28.7 Å². The number of nitrogens with one attached hydrogen (secondary N) is 3. The fourth-order valence-electron chi connectivity index (χ4n) is 3.70. The minimum absolute atomic E-state index is 0.00922. The van der Waals surface area contributed by atoms with E-state index in [4.69, 9.17) is 40.3 Å². The molecule has 0 fully saturated rings. The Bertz CT molecular complexity index is 1890. The van der Waals surface area contributed by atoms with Crippen molar-refractivity contribution in [3.05, 3.63) is 76.5 Å². The SMILES string of the molecule is CC(C)(C#N)c1cccc(Nc2cc(Cl)nnc2C(N)=O)n1.CC(C)(C#N)c1cccc(Nc2cc(NCCN)nnc2C(N)=O)n1.NCCN. The second-order valence-corrected chi connectivity index (χ2v) is 11.9. The van der Waals surface area contributed by atoms with Gasteiger partial charge < -0.3 is 44.6 Å². The van der Waals surface area contributed by atoms with E-state index in [1.54, 1.807) is 70.2 Å². The van der Waals surface area contributed by atoms with Gasteiger partial charge in [0, 0.05) is 38.3 Å². The van der Waals surface area contributed by atoms with E-state index in [1.807, 2.05) is 0 Å². The smallest absolute Gasteiger partial charge is 0.271 e. The van der Waals surface area contributed by atoms with Crippen LogP contribution in [0.1, 0.15) is 60.1 Å². The highest BCUT2D eigenvalue weighted by atomic mass is 35.5. The summed E-state index contributed by atoms with van der Waals surface area (Å²) in [4.78, 5) is 31.7. The van der Waals surface area contributed by atoms with Gasteiger partial charge in [-0.05, 0) is 52.0 Å². The van der Waals surface area contributed by atoms with Crippen molar-refractivity contribution < 1.29 is 9.59 Å². The predicted molar refractivity (Wildman–Crippen MR) is 194 cm³/mol. The number of rotatable bonds is 12. The molecule has 0 aliphatic rings. The van der Waals surface area contributed by atoms with Crippen LogP contribution in [0.25, 0.3) is 0 Å². The van der Waals surface area contributed by atoms with E-state index in [-0.39, 0.29) is 16.5 Å². The Morgan fingerprint density at radius 1 is 0.706 bits per heavy atom. The second kappa shape index (κ2) is 19.2. The average Bonchev–Trinajstić information content (AvgIpc) is 3.11. The molecule has 268 valence electrons. The number of aromatic nitrogens is 6. The van der Waals surface area contributed by atoms with Crippen molar-refractivity contribution in [1.29, 1.82) is 10.5 Å². The van der Waals surface area contributed by atoms with Gasteiger partial charge in [-0.25, -0.2) is 9.97 Å². The highest BCUT2D eigenvalue weighted by Gasteiger charge is 2.23. The van der Waals surface area contributed by atoms with E-state index in [0.29, 0.717) is 66.4 Å². The third-order valence-electron chi connectivity index (χ3n) is 6.51. The number of hydrogen-bond acceptors (Lipinski definition) is 16. The maximum absolute atomic E-state index is 11.6. The molecule has 0 aliphatic heterocycles. The zero-order valence-electron chi connectivity index (χ0n) is 28.6. The third-order valence-corrected chi connectivity index (χ3v) is 6.69. The molecule has 0 atom stereocenters. The molecular weight excluding hydrogens is 676 g/mol. The molecule has 0 saturated heterocycles. The number of halogens is 1. The molecule has 0 bridgehead atoms. The molecule has 51 heavy (non-hydrogen) atoms. The van der Waals surface area contributed by atoms with E-state index in [1.165, 1.54) is 6.07 Å². The number of nitrogens with two attached hydrogens (primary N) is 5. The monoisotopic (exact) mass is 716 g/mol. The predicted octanol–water partition coefficient (Wildman–Crippen LogP) is 1.96. The molecule has 0 radical (unpaired) electrons. The molecule has 19 heteroatoms. The maximum atomic E-state index is 11.6. The van der Waals surface area contributed by atoms with E-state index in [0.717, 1.165) is 0 Å². The number of carbonyl (C=O) groups excluding carboxylic acids is 2. The minimum atomic E-state index is -0.742. The van der Waals surface area contributed by atoms with Crippen LogP contribution in [0.5, 0.6) is 0 Å². The number of nitriles is 2. The van der Waals surface area contributed by atoms with Crippen LogP contribution in [0, 0.1) is 22.7 Å². The number of pyridine rings is 2. The number of anilines is 5. The Morgan fingerprint density at radius 2 is 1.16 bits per heavy atom. The fourth-order valence-corrected chi connectivity index (χ4v) is 3.84. The topological polar surface area (TPSA) is 325 Å². The summed E-state index contributed by atoms with van der Waals surface area (Å²) in [5, 5.41) is 42.4. The third kappa shape index (κ3) is 12.4. The van der Waals surface area contributed by atoms with Gasteiger partial charge >= 0.3 is 0 Å². The molecule has 4 aromatic rings. The Balaban J connectivity index is 0.000000322. The van der Waals surface area contributed by atoms with Crippen molar-refractivity contribution in [3.8, 4) is 12.1 Å². The summed E-state index contributed by atoms with van der Waals surface area (Å²) in [5.41, 5.74) is 26.2. The molecule has 0 saturated carbocycles. The van der Waals surface area contributed by atoms with E-state index in [9.17, 15) is 20.1 Å². The molecule has 4 heterocycles. The number of nitrogens with zero attached hydrogens (tertiary/aromatic N) is 8. The molecule has 0 unspecified atom stereocenters. The maximum Gasteiger partial charge on any atom is 0.271 e. The zero-order chi connectivity index (χ0) is 38.2. The van der Waals surface area contributed by atoms with Gasteiger partial charge in [0.2, 0.25) is 0 Å². The minimum Gasteiger partial charge on any atom is -0.367 e. The second-order valence-electron chi connectivity index (χ2n) is 11.5. The summed E-state index contributed by atoms with van der Waals surface area (Å²) in [7, 11) is 0. The molecule has 4 aromatic heterocycles. The van der Waals surface area contributed by atoms with Crippen molar-refractivity contribution >= 4 is 52.2 Å². The Kier molecular flexibility index (Phi) is 15.5. The Hall–Kier alpha value is -6.05.